The van der Waals surface area contributed by atoms with Crippen molar-refractivity contribution in [2.45, 2.75) is 33.1 Å². The lowest BCUT2D eigenvalue weighted by molar-refractivity contribution is -0.151. The van der Waals surface area contributed by atoms with Crippen LogP contribution in [0.5, 0.6) is 0 Å². The number of carbonyl (C=O) groups excluding carboxylic acids is 2. The fraction of sp³-hybridized carbons (Fsp3) is 0.846. The lowest BCUT2D eigenvalue weighted by Crippen LogP contribution is -2.46. The normalized spacial score (nSPS) is 16.2. The molecule has 0 aromatic rings. The molecule has 5 heteroatoms. The largest absolute Gasteiger partial charge is 0.335 e. The summed E-state index contributed by atoms with van der Waals surface area (Å²) in [6.07, 6.45) is 2.90. The van der Waals surface area contributed by atoms with E-state index in [1.54, 1.807) is 9.80 Å². The predicted molar refractivity (Wildman–Crippen MR) is 71.2 cm³/mol. The lowest BCUT2D eigenvalue weighted by atomic mass is 10.3. The molecule has 1 aliphatic heterocycles. The smallest absolute Gasteiger partial charge is 0.312 e. The molecule has 0 saturated carbocycles. The average molecular weight is 255 g/mol. The summed E-state index contributed by atoms with van der Waals surface area (Å²) in [5.74, 6) is -0.676. The summed E-state index contributed by atoms with van der Waals surface area (Å²) >= 11 is 0. The monoisotopic (exact) mass is 255 g/mol. The van der Waals surface area contributed by atoms with Gasteiger partial charge in [0.2, 0.25) is 0 Å². The molecule has 1 aliphatic rings. The summed E-state index contributed by atoms with van der Waals surface area (Å²) in [5, 5.41) is 3.23. The van der Waals surface area contributed by atoms with Crippen molar-refractivity contribution in [3.05, 3.63) is 0 Å². The van der Waals surface area contributed by atoms with Crippen LogP contribution in [0.2, 0.25) is 0 Å². The van der Waals surface area contributed by atoms with Gasteiger partial charge in [0.15, 0.2) is 0 Å². The van der Waals surface area contributed by atoms with Crippen molar-refractivity contribution in [3.63, 3.8) is 0 Å². The van der Waals surface area contributed by atoms with E-state index in [9.17, 15) is 9.59 Å². The van der Waals surface area contributed by atoms with Crippen molar-refractivity contribution in [1.29, 1.82) is 0 Å². The van der Waals surface area contributed by atoms with Gasteiger partial charge in [0, 0.05) is 32.7 Å². The van der Waals surface area contributed by atoms with E-state index in [0.29, 0.717) is 26.2 Å². The first-order chi connectivity index (χ1) is 8.70. The summed E-state index contributed by atoms with van der Waals surface area (Å²) < 4.78 is 0. The molecule has 2 amide bonds. The molecule has 5 nitrogen and oxygen atoms in total. The molecule has 18 heavy (non-hydrogen) atoms. The highest BCUT2D eigenvalue weighted by Crippen LogP contribution is 2.02. The number of nitrogens with one attached hydrogen (secondary N) is 1. The van der Waals surface area contributed by atoms with Crippen LogP contribution in [0.15, 0.2) is 0 Å². The molecule has 0 unspecified atom stereocenters. The summed E-state index contributed by atoms with van der Waals surface area (Å²) in [7, 11) is 0. The van der Waals surface area contributed by atoms with Gasteiger partial charge in [-0.2, -0.15) is 0 Å². The predicted octanol–water partition coefficient (Wildman–Crippen LogP) is 0.457. The van der Waals surface area contributed by atoms with E-state index in [-0.39, 0.29) is 11.8 Å². The first-order valence-corrected chi connectivity index (χ1v) is 6.99. The molecule has 0 spiro atoms. The van der Waals surface area contributed by atoms with Gasteiger partial charge >= 0.3 is 11.8 Å². The Balaban J connectivity index is 2.54. The highest BCUT2D eigenvalue weighted by molar-refractivity contribution is 6.34. The minimum atomic E-state index is -0.340. The minimum Gasteiger partial charge on any atom is -0.335 e. The summed E-state index contributed by atoms with van der Waals surface area (Å²) in [6, 6.07) is 0. The molecule has 0 atom stereocenters. The van der Waals surface area contributed by atoms with Crippen LogP contribution in [0.4, 0.5) is 0 Å². The highest BCUT2D eigenvalue weighted by atomic mass is 16.2. The van der Waals surface area contributed by atoms with Crippen molar-refractivity contribution in [2.75, 3.05) is 39.3 Å². The Hall–Kier alpha value is -1.10. The van der Waals surface area contributed by atoms with Crippen molar-refractivity contribution in [2.24, 2.45) is 0 Å². The quantitative estimate of drug-likeness (QED) is 0.742. The lowest BCUT2D eigenvalue weighted by Gasteiger charge is -2.25. The molecular weight excluding hydrogens is 230 g/mol. The molecule has 0 radical (unpaired) electrons. The number of unbranched alkanes of at least 4 members (excludes halogenated alkanes) is 1. The van der Waals surface area contributed by atoms with Crippen LogP contribution in [-0.2, 0) is 9.59 Å². The van der Waals surface area contributed by atoms with Gasteiger partial charge in [-0.25, -0.2) is 0 Å². The molecule has 1 rings (SSSR count). The van der Waals surface area contributed by atoms with Crippen molar-refractivity contribution < 1.29 is 9.59 Å². The summed E-state index contributed by atoms with van der Waals surface area (Å²) in [6.45, 7) is 8.32. The summed E-state index contributed by atoms with van der Waals surface area (Å²) in [5.41, 5.74) is 0. The molecular formula is C13H25N3O2. The molecule has 0 bridgehead atoms. The number of hydrogen-bond acceptors (Lipinski definition) is 3. The zero-order valence-electron chi connectivity index (χ0n) is 11.6. The van der Waals surface area contributed by atoms with E-state index in [4.69, 9.17) is 0 Å². The third-order valence-electron chi connectivity index (χ3n) is 3.26. The van der Waals surface area contributed by atoms with Crippen LogP contribution in [0.25, 0.3) is 0 Å². The maximum Gasteiger partial charge on any atom is 0.312 e. The van der Waals surface area contributed by atoms with Crippen molar-refractivity contribution >= 4 is 11.8 Å². The van der Waals surface area contributed by atoms with E-state index in [1.165, 1.54) is 0 Å². The van der Waals surface area contributed by atoms with Gasteiger partial charge in [0.25, 0.3) is 0 Å². The molecule has 1 saturated heterocycles. The van der Waals surface area contributed by atoms with Crippen LogP contribution < -0.4 is 5.32 Å². The van der Waals surface area contributed by atoms with E-state index < -0.39 is 0 Å². The first kappa shape index (κ1) is 15.0. The van der Waals surface area contributed by atoms with Gasteiger partial charge in [-0.3, -0.25) is 9.59 Å². The highest BCUT2D eigenvalue weighted by Gasteiger charge is 2.26. The van der Waals surface area contributed by atoms with Gasteiger partial charge in [-0.15, -0.1) is 0 Å². The van der Waals surface area contributed by atoms with Crippen molar-refractivity contribution in [3.8, 4) is 0 Å². The number of carbonyl (C=O) groups is 2. The molecule has 1 heterocycles. The van der Waals surface area contributed by atoms with E-state index >= 15 is 0 Å². The number of rotatable bonds is 4. The molecule has 104 valence electrons. The third kappa shape index (κ3) is 4.29. The fourth-order valence-electron chi connectivity index (χ4n) is 2.07. The second-order valence-corrected chi connectivity index (χ2v) is 4.63. The Morgan fingerprint density at radius 3 is 2.67 bits per heavy atom. The Morgan fingerprint density at radius 2 is 2.00 bits per heavy atom. The Bertz CT molecular complexity index is 273. The second-order valence-electron chi connectivity index (χ2n) is 4.63. The Morgan fingerprint density at radius 1 is 1.22 bits per heavy atom. The molecule has 0 aliphatic carbocycles. The van der Waals surface area contributed by atoms with Crippen LogP contribution in [0, 0.1) is 0 Å². The fourth-order valence-corrected chi connectivity index (χ4v) is 2.07. The molecule has 1 fully saturated rings. The average Bonchev–Trinajstić information content (AvgIpc) is 2.67. The third-order valence-corrected chi connectivity index (χ3v) is 3.26. The van der Waals surface area contributed by atoms with E-state index in [2.05, 4.69) is 12.2 Å². The van der Waals surface area contributed by atoms with Crippen LogP contribution in [-0.4, -0.2) is 60.9 Å². The second kappa shape index (κ2) is 8.08. The Kier molecular flexibility index (Phi) is 6.72. The molecule has 0 aromatic heterocycles. The van der Waals surface area contributed by atoms with Gasteiger partial charge in [-0.05, 0) is 26.3 Å². The van der Waals surface area contributed by atoms with Crippen LogP contribution in [0.1, 0.15) is 33.1 Å². The first-order valence-electron chi connectivity index (χ1n) is 6.99. The SMILES string of the molecule is CCCCN(CC)C(=O)C(=O)N1CCCNCC1. The number of amides is 2. The maximum atomic E-state index is 12.1. The minimum absolute atomic E-state index is 0.336. The zero-order chi connectivity index (χ0) is 13.4. The molecule has 1 N–H and O–H groups in total. The van der Waals surface area contributed by atoms with Gasteiger partial charge < -0.3 is 15.1 Å². The van der Waals surface area contributed by atoms with Gasteiger partial charge in [0.1, 0.15) is 0 Å². The van der Waals surface area contributed by atoms with Crippen LogP contribution in [0.3, 0.4) is 0 Å². The number of hydrogen-bond donors (Lipinski definition) is 1. The number of likely N-dealkylation sites (N-methyl/N-ethyl adjacent to an activating group) is 1. The standard InChI is InChI=1S/C13H25N3O2/c1-3-5-9-15(4-2)12(17)13(18)16-10-6-7-14-8-11-16/h14H,3-11H2,1-2H3. The summed E-state index contributed by atoms with van der Waals surface area (Å²) in [4.78, 5) is 27.6. The molecule has 0 aromatic carbocycles. The maximum absolute atomic E-state index is 12.1. The van der Waals surface area contributed by atoms with E-state index in [0.717, 1.165) is 32.4 Å². The number of nitrogens with zero attached hydrogens (tertiary/aromatic N) is 2. The zero-order valence-corrected chi connectivity index (χ0v) is 11.6. The van der Waals surface area contributed by atoms with E-state index in [1.807, 2.05) is 6.92 Å². The van der Waals surface area contributed by atoms with Crippen molar-refractivity contribution in [1.82, 2.24) is 15.1 Å². The topological polar surface area (TPSA) is 52.7 Å². The Labute approximate surface area is 110 Å². The van der Waals surface area contributed by atoms with Gasteiger partial charge in [-0.1, -0.05) is 13.3 Å². The van der Waals surface area contributed by atoms with Crippen LogP contribution >= 0.6 is 0 Å². The van der Waals surface area contributed by atoms with Gasteiger partial charge in [0.05, 0.1) is 0 Å².